The smallest absolute Gasteiger partial charge is 0.0706 e. The molecular weight excluding hydrogens is 342 g/mol. The Labute approximate surface area is 162 Å². The summed E-state index contributed by atoms with van der Waals surface area (Å²) >= 11 is 6.10. The summed E-state index contributed by atoms with van der Waals surface area (Å²) in [5.41, 5.74) is 6.25. The van der Waals surface area contributed by atoms with Crippen LogP contribution in [0.15, 0.2) is 30.3 Å². The number of aromatic nitrogens is 1. The molecule has 0 aliphatic rings. The molecule has 0 amide bonds. The van der Waals surface area contributed by atoms with E-state index in [4.69, 9.17) is 16.6 Å². The van der Waals surface area contributed by atoms with E-state index in [0.717, 1.165) is 46.5 Å². The van der Waals surface area contributed by atoms with E-state index in [1.165, 1.54) is 0 Å². The van der Waals surface area contributed by atoms with Gasteiger partial charge in [-0.15, -0.1) is 0 Å². The van der Waals surface area contributed by atoms with Gasteiger partial charge in [0.1, 0.15) is 0 Å². The van der Waals surface area contributed by atoms with Crippen molar-refractivity contribution in [3.8, 4) is 11.1 Å². The molecule has 1 N–H and O–H groups in total. The van der Waals surface area contributed by atoms with Crippen molar-refractivity contribution in [3.63, 3.8) is 0 Å². The van der Waals surface area contributed by atoms with Crippen LogP contribution in [-0.4, -0.2) is 10.1 Å². The van der Waals surface area contributed by atoms with Gasteiger partial charge in [-0.05, 0) is 41.5 Å². The van der Waals surface area contributed by atoms with Crippen molar-refractivity contribution < 1.29 is 5.11 Å². The quantitative estimate of drug-likeness (QED) is 0.570. The molecule has 1 aromatic heterocycles. The van der Waals surface area contributed by atoms with Gasteiger partial charge in [0.2, 0.25) is 0 Å². The Balaban J connectivity index is 2.86. The molecule has 0 spiro atoms. The predicted molar refractivity (Wildman–Crippen MR) is 113 cm³/mol. The van der Waals surface area contributed by atoms with Crippen LogP contribution in [0, 0.1) is 0 Å². The summed E-state index contributed by atoms with van der Waals surface area (Å²) in [5, 5.41) is 10.9. The third-order valence-electron chi connectivity index (χ3n) is 4.52. The van der Waals surface area contributed by atoms with Gasteiger partial charge < -0.3 is 5.11 Å². The first-order valence-corrected chi connectivity index (χ1v) is 9.88. The van der Waals surface area contributed by atoms with Crippen LogP contribution < -0.4 is 0 Å². The van der Waals surface area contributed by atoms with Gasteiger partial charge in [-0.1, -0.05) is 76.9 Å². The highest BCUT2D eigenvalue weighted by molar-refractivity contribution is 6.30. The molecule has 0 bridgehead atoms. The fraction of sp³-hybridized carbons (Fsp3) is 0.435. The van der Waals surface area contributed by atoms with Crippen molar-refractivity contribution in [2.45, 2.75) is 65.9 Å². The molecule has 0 radical (unpaired) electrons. The highest BCUT2D eigenvalue weighted by Crippen LogP contribution is 2.37. The Kier molecular flexibility index (Phi) is 7.43. The van der Waals surface area contributed by atoms with Crippen molar-refractivity contribution in [1.29, 1.82) is 0 Å². The van der Waals surface area contributed by atoms with Gasteiger partial charge in [0, 0.05) is 21.8 Å². The number of pyridine rings is 1. The molecular formula is C23H30ClNO. The number of benzene rings is 1. The molecule has 2 nitrogen and oxygen atoms in total. The van der Waals surface area contributed by atoms with Crippen LogP contribution in [0.4, 0.5) is 0 Å². The van der Waals surface area contributed by atoms with Crippen molar-refractivity contribution >= 4 is 17.7 Å². The highest BCUT2D eigenvalue weighted by atomic mass is 35.5. The summed E-state index contributed by atoms with van der Waals surface area (Å²) in [6.45, 7) is 10.8. The number of unbranched alkanes of at least 4 members (excludes halogenated alkanes) is 1. The Hall–Kier alpha value is -1.64. The summed E-state index contributed by atoms with van der Waals surface area (Å²) in [6, 6.07) is 7.87. The van der Waals surface area contributed by atoms with E-state index in [-0.39, 0.29) is 12.5 Å². The van der Waals surface area contributed by atoms with Gasteiger partial charge in [-0.2, -0.15) is 0 Å². The molecule has 140 valence electrons. The molecule has 0 aliphatic heterocycles. The van der Waals surface area contributed by atoms with Crippen LogP contribution in [0.25, 0.3) is 17.2 Å². The number of rotatable bonds is 7. The zero-order valence-corrected chi connectivity index (χ0v) is 17.3. The normalized spacial score (nSPS) is 11.9. The Morgan fingerprint density at radius 2 is 1.65 bits per heavy atom. The molecule has 3 heteroatoms. The maximum Gasteiger partial charge on any atom is 0.0706 e. The molecule has 0 saturated carbocycles. The van der Waals surface area contributed by atoms with E-state index in [1.54, 1.807) is 0 Å². The molecule has 0 unspecified atom stereocenters. The molecule has 26 heavy (non-hydrogen) atoms. The van der Waals surface area contributed by atoms with E-state index < -0.39 is 0 Å². The summed E-state index contributed by atoms with van der Waals surface area (Å²) in [4.78, 5) is 4.99. The zero-order valence-electron chi connectivity index (χ0n) is 16.5. The Morgan fingerprint density at radius 3 is 2.15 bits per heavy atom. The SMILES string of the molecule is CCC/C=C/c1c(C(C)C)nc(C(C)C)c(CO)c1-c1ccc(Cl)cc1. The number of nitrogens with zero attached hydrogens (tertiary/aromatic N) is 1. The van der Waals surface area contributed by atoms with E-state index >= 15 is 0 Å². The fourth-order valence-electron chi connectivity index (χ4n) is 3.24. The fourth-order valence-corrected chi connectivity index (χ4v) is 3.36. The maximum atomic E-state index is 10.2. The first kappa shape index (κ1) is 20.7. The number of hydrogen-bond acceptors (Lipinski definition) is 2. The second-order valence-corrected chi connectivity index (χ2v) is 7.75. The van der Waals surface area contributed by atoms with Crippen LogP contribution in [-0.2, 0) is 6.61 Å². The van der Waals surface area contributed by atoms with E-state index in [2.05, 4.69) is 46.8 Å². The van der Waals surface area contributed by atoms with Crippen molar-refractivity contribution in [3.05, 3.63) is 57.9 Å². The van der Waals surface area contributed by atoms with Crippen LogP contribution >= 0.6 is 11.6 Å². The van der Waals surface area contributed by atoms with Crippen molar-refractivity contribution in [1.82, 2.24) is 4.98 Å². The predicted octanol–water partition coefficient (Wildman–Crippen LogP) is 6.95. The Morgan fingerprint density at radius 1 is 1.04 bits per heavy atom. The second-order valence-electron chi connectivity index (χ2n) is 7.31. The average Bonchev–Trinajstić information content (AvgIpc) is 2.61. The molecule has 0 fully saturated rings. The van der Waals surface area contributed by atoms with Gasteiger partial charge in [0.15, 0.2) is 0 Å². The van der Waals surface area contributed by atoms with Gasteiger partial charge in [0.25, 0.3) is 0 Å². The molecule has 1 aromatic carbocycles. The summed E-state index contributed by atoms with van der Waals surface area (Å²) in [5.74, 6) is 0.543. The standard InChI is InChI=1S/C23H30ClNO/c1-6-7-8-9-19-21(17-10-12-18(24)13-11-17)20(14-26)23(16(4)5)25-22(19)15(2)3/h8-13,15-16,26H,6-7,14H2,1-5H3/b9-8+. The molecule has 2 aromatic rings. The van der Waals surface area contributed by atoms with E-state index in [1.807, 2.05) is 24.3 Å². The molecule has 2 rings (SSSR count). The minimum Gasteiger partial charge on any atom is -0.392 e. The van der Waals surface area contributed by atoms with Crippen LogP contribution in [0.1, 0.15) is 81.8 Å². The number of allylic oxidation sites excluding steroid dienone is 1. The largest absolute Gasteiger partial charge is 0.392 e. The maximum absolute atomic E-state index is 10.2. The number of aliphatic hydroxyl groups is 1. The zero-order chi connectivity index (χ0) is 19.3. The van der Waals surface area contributed by atoms with Gasteiger partial charge >= 0.3 is 0 Å². The average molecular weight is 372 g/mol. The summed E-state index contributed by atoms with van der Waals surface area (Å²) in [6.07, 6.45) is 6.52. The topological polar surface area (TPSA) is 33.1 Å². The number of aliphatic hydroxyl groups excluding tert-OH is 1. The van der Waals surface area contributed by atoms with Gasteiger partial charge in [-0.25, -0.2) is 0 Å². The minimum absolute atomic E-state index is 0.0224. The minimum atomic E-state index is -0.0224. The second kappa shape index (κ2) is 9.34. The first-order valence-electron chi connectivity index (χ1n) is 9.50. The van der Waals surface area contributed by atoms with E-state index in [9.17, 15) is 5.11 Å². The third kappa shape index (κ3) is 4.55. The molecule has 0 atom stereocenters. The van der Waals surface area contributed by atoms with Crippen molar-refractivity contribution in [2.24, 2.45) is 0 Å². The lowest BCUT2D eigenvalue weighted by molar-refractivity contribution is 0.280. The molecule has 0 saturated heterocycles. The highest BCUT2D eigenvalue weighted by Gasteiger charge is 2.22. The summed E-state index contributed by atoms with van der Waals surface area (Å²) < 4.78 is 0. The molecule has 1 heterocycles. The van der Waals surface area contributed by atoms with Crippen LogP contribution in [0.5, 0.6) is 0 Å². The monoisotopic (exact) mass is 371 g/mol. The van der Waals surface area contributed by atoms with Crippen molar-refractivity contribution in [2.75, 3.05) is 0 Å². The number of halogens is 1. The van der Waals surface area contributed by atoms with E-state index in [0.29, 0.717) is 10.9 Å². The summed E-state index contributed by atoms with van der Waals surface area (Å²) in [7, 11) is 0. The lowest BCUT2D eigenvalue weighted by Crippen LogP contribution is -2.10. The van der Waals surface area contributed by atoms with Gasteiger partial charge in [-0.3, -0.25) is 4.98 Å². The molecule has 0 aliphatic carbocycles. The first-order chi connectivity index (χ1) is 12.4. The lowest BCUT2D eigenvalue weighted by atomic mass is 9.87. The third-order valence-corrected chi connectivity index (χ3v) is 4.77. The number of hydrogen-bond donors (Lipinski definition) is 1. The van der Waals surface area contributed by atoms with Gasteiger partial charge in [0.05, 0.1) is 12.3 Å². The Bertz CT molecular complexity index is 761. The lowest BCUT2D eigenvalue weighted by Gasteiger charge is -2.23. The van der Waals surface area contributed by atoms with Crippen LogP contribution in [0.3, 0.4) is 0 Å². The van der Waals surface area contributed by atoms with Crippen LogP contribution in [0.2, 0.25) is 5.02 Å².